The van der Waals surface area contributed by atoms with Crippen LogP contribution in [0.5, 0.6) is 5.75 Å². The summed E-state index contributed by atoms with van der Waals surface area (Å²) >= 11 is 0. The van der Waals surface area contributed by atoms with E-state index in [0.717, 1.165) is 35.7 Å². The number of hydrogen-bond donors (Lipinski definition) is 1. The lowest BCUT2D eigenvalue weighted by atomic mass is 10.0. The Labute approximate surface area is 125 Å². The van der Waals surface area contributed by atoms with E-state index in [1.54, 1.807) is 0 Å². The molecule has 1 aromatic carbocycles. The summed E-state index contributed by atoms with van der Waals surface area (Å²) in [5.41, 5.74) is 9.68. The van der Waals surface area contributed by atoms with Crippen molar-refractivity contribution in [3.63, 3.8) is 0 Å². The molecule has 0 amide bonds. The molecule has 0 aliphatic heterocycles. The lowest BCUT2D eigenvalue weighted by molar-refractivity contribution is 0.303. The van der Waals surface area contributed by atoms with Crippen molar-refractivity contribution in [2.24, 2.45) is 5.73 Å². The van der Waals surface area contributed by atoms with Crippen LogP contribution in [0, 0.1) is 0 Å². The van der Waals surface area contributed by atoms with E-state index in [1.807, 2.05) is 16.8 Å². The van der Waals surface area contributed by atoms with Gasteiger partial charge in [-0.25, -0.2) is 0 Å². The molecule has 1 unspecified atom stereocenters. The summed E-state index contributed by atoms with van der Waals surface area (Å²) in [5, 5.41) is 4.57. The van der Waals surface area contributed by atoms with E-state index in [9.17, 15) is 0 Å². The summed E-state index contributed by atoms with van der Waals surface area (Å²) in [6.45, 7) is 5.04. The molecule has 1 aliphatic rings. The number of benzene rings is 1. The highest BCUT2D eigenvalue weighted by Crippen LogP contribution is 2.28. The van der Waals surface area contributed by atoms with Gasteiger partial charge in [-0.3, -0.25) is 4.68 Å². The molecule has 0 saturated heterocycles. The second-order valence-corrected chi connectivity index (χ2v) is 5.59. The van der Waals surface area contributed by atoms with Gasteiger partial charge in [0.15, 0.2) is 0 Å². The Bertz CT molecular complexity index is 599. The van der Waals surface area contributed by atoms with Gasteiger partial charge in [-0.1, -0.05) is 19.1 Å². The molecular weight excluding hydrogens is 262 g/mol. The highest BCUT2D eigenvalue weighted by Gasteiger charge is 2.23. The lowest BCUT2D eigenvalue weighted by Gasteiger charge is -2.14. The Hall–Kier alpha value is -1.81. The van der Waals surface area contributed by atoms with Gasteiger partial charge in [-0.05, 0) is 49.9 Å². The second kappa shape index (κ2) is 5.90. The Morgan fingerprint density at radius 2 is 2.00 bits per heavy atom. The molecule has 2 aromatic rings. The summed E-state index contributed by atoms with van der Waals surface area (Å²) in [7, 11) is 0. The fraction of sp³-hybridized carbons (Fsp3) is 0.471. The third-order valence-corrected chi connectivity index (χ3v) is 3.91. The minimum absolute atomic E-state index is 0.146. The highest BCUT2D eigenvalue weighted by molar-refractivity contribution is 5.34. The SMILES string of the molecule is CCc1cc(C(N)c2ccc(OC3CC3)cc2)n(CC)n1. The quantitative estimate of drug-likeness (QED) is 0.887. The lowest BCUT2D eigenvalue weighted by Crippen LogP contribution is -2.17. The van der Waals surface area contributed by atoms with Crippen LogP contribution in [0.15, 0.2) is 30.3 Å². The van der Waals surface area contributed by atoms with Gasteiger partial charge in [0.25, 0.3) is 0 Å². The molecule has 4 heteroatoms. The maximum absolute atomic E-state index is 6.42. The van der Waals surface area contributed by atoms with Crippen molar-refractivity contribution in [2.75, 3.05) is 0 Å². The van der Waals surface area contributed by atoms with Crippen LogP contribution in [0.4, 0.5) is 0 Å². The van der Waals surface area contributed by atoms with Crippen LogP contribution in [0.3, 0.4) is 0 Å². The fourth-order valence-corrected chi connectivity index (χ4v) is 2.47. The minimum atomic E-state index is -0.146. The summed E-state index contributed by atoms with van der Waals surface area (Å²) in [5.74, 6) is 0.937. The van der Waals surface area contributed by atoms with Gasteiger partial charge in [-0.2, -0.15) is 5.10 Å². The predicted molar refractivity (Wildman–Crippen MR) is 83.4 cm³/mol. The van der Waals surface area contributed by atoms with E-state index in [0.29, 0.717) is 6.10 Å². The van der Waals surface area contributed by atoms with E-state index >= 15 is 0 Å². The van der Waals surface area contributed by atoms with Gasteiger partial charge in [-0.15, -0.1) is 0 Å². The van der Waals surface area contributed by atoms with Crippen LogP contribution < -0.4 is 10.5 Å². The second-order valence-electron chi connectivity index (χ2n) is 5.59. The Morgan fingerprint density at radius 1 is 1.29 bits per heavy atom. The first kappa shape index (κ1) is 14.1. The first-order chi connectivity index (χ1) is 10.2. The molecule has 1 fully saturated rings. The van der Waals surface area contributed by atoms with Crippen molar-refractivity contribution in [1.29, 1.82) is 0 Å². The number of hydrogen-bond acceptors (Lipinski definition) is 3. The van der Waals surface area contributed by atoms with Gasteiger partial charge in [0, 0.05) is 6.54 Å². The van der Waals surface area contributed by atoms with Crippen LogP contribution >= 0.6 is 0 Å². The topological polar surface area (TPSA) is 53.1 Å². The number of aromatic nitrogens is 2. The maximum atomic E-state index is 6.42. The third kappa shape index (κ3) is 3.10. The van der Waals surface area contributed by atoms with Crippen LogP contribution in [0.25, 0.3) is 0 Å². The number of nitrogens with two attached hydrogens (primary N) is 1. The average molecular weight is 285 g/mol. The zero-order valence-electron chi connectivity index (χ0n) is 12.7. The normalized spacial score (nSPS) is 16.0. The molecule has 0 bridgehead atoms. The molecule has 0 spiro atoms. The molecule has 1 aromatic heterocycles. The van der Waals surface area contributed by atoms with E-state index in [2.05, 4.69) is 37.1 Å². The maximum Gasteiger partial charge on any atom is 0.119 e. The first-order valence-electron chi connectivity index (χ1n) is 7.80. The van der Waals surface area contributed by atoms with Crippen molar-refractivity contribution < 1.29 is 4.74 Å². The Balaban J connectivity index is 1.79. The highest BCUT2D eigenvalue weighted by atomic mass is 16.5. The summed E-state index contributed by atoms with van der Waals surface area (Å²) in [4.78, 5) is 0. The van der Waals surface area contributed by atoms with Gasteiger partial charge < -0.3 is 10.5 Å². The average Bonchev–Trinajstić information content (AvgIpc) is 3.23. The summed E-state index contributed by atoms with van der Waals surface area (Å²) in [6.07, 6.45) is 3.71. The molecule has 4 nitrogen and oxygen atoms in total. The van der Waals surface area contributed by atoms with E-state index in [-0.39, 0.29) is 6.04 Å². The van der Waals surface area contributed by atoms with E-state index in [1.165, 1.54) is 12.8 Å². The molecule has 21 heavy (non-hydrogen) atoms. The number of aryl methyl sites for hydroxylation is 2. The standard InChI is InChI=1S/C17H23N3O/c1-3-13-11-16(20(4-2)19-13)17(18)12-5-7-14(8-6-12)21-15-9-10-15/h5-8,11,15,17H,3-4,9-10,18H2,1-2H3. The van der Waals surface area contributed by atoms with Crippen molar-refractivity contribution >= 4 is 0 Å². The molecular formula is C17H23N3O. The Kier molecular flexibility index (Phi) is 3.97. The monoisotopic (exact) mass is 285 g/mol. The molecule has 1 atom stereocenters. The largest absolute Gasteiger partial charge is 0.490 e. The van der Waals surface area contributed by atoms with E-state index < -0.39 is 0 Å². The van der Waals surface area contributed by atoms with Crippen molar-refractivity contribution in [2.45, 2.75) is 51.8 Å². The van der Waals surface area contributed by atoms with Crippen LogP contribution in [0.2, 0.25) is 0 Å². The third-order valence-electron chi connectivity index (χ3n) is 3.91. The first-order valence-corrected chi connectivity index (χ1v) is 7.80. The van der Waals surface area contributed by atoms with Crippen molar-refractivity contribution in [3.8, 4) is 5.75 Å². The molecule has 1 saturated carbocycles. The minimum Gasteiger partial charge on any atom is -0.490 e. The zero-order valence-corrected chi connectivity index (χ0v) is 12.7. The zero-order chi connectivity index (χ0) is 14.8. The van der Waals surface area contributed by atoms with Gasteiger partial charge in [0.05, 0.1) is 23.5 Å². The molecule has 3 rings (SSSR count). The van der Waals surface area contributed by atoms with Crippen LogP contribution in [0.1, 0.15) is 49.7 Å². The number of rotatable bonds is 6. The summed E-state index contributed by atoms with van der Waals surface area (Å²) < 4.78 is 7.77. The molecule has 0 radical (unpaired) electrons. The van der Waals surface area contributed by atoms with Gasteiger partial charge in [0.2, 0.25) is 0 Å². The molecule has 1 aliphatic carbocycles. The molecule has 2 N–H and O–H groups in total. The van der Waals surface area contributed by atoms with Crippen LogP contribution in [-0.4, -0.2) is 15.9 Å². The predicted octanol–water partition coefficient (Wildman–Crippen LogP) is 3.05. The molecule has 1 heterocycles. The Morgan fingerprint density at radius 3 is 2.57 bits per heavy atom. The van der Waals surface area contributed by atoms with Gasteiger partial charge >= 0.3 is 0 Å². The summed E-state index contributed by atoms with van der Waals surface area (Å²) in [6, 6.07) is 10.1. The van der Waals surface area contributed by atoms with E-state index in [4.69, 9.17) is 10.5 Å². The van der Waals surface area contributed by atoms with Crippen molar-refractivity contribution in [1.82, 2.24) is 9.78 Å². The van der Waals surface area contributed by atoms with Crippen molar-refractivity contribution in [3.05, 3.63) is 47.3 Å². The van der Waals surface area contributed by atoms with Gasteiger partial charge in [0.1, 0.15) is 5.75 Å². The fourth-order valence-electron chi connectivity index (χ4n) is 2.47. The van der Waals surface area contributed by atoms with Crippen LogP contribution in [-0.2, 0) is 13.0 Å². The smallest absolute Gasteiger partial charge is 0.119 e. The number of ether oxygens (including phenoxy) is 1. The number of nitrogens with zero attached hydrogens (tertiary/aromatic N) is 2. The molecule has 112 valence electrons.